The van der Waals surface area contributed by atoms with Crippen molar-refractivity contribution in [3.63, 3.8) is 0 Å². The van der Waals surface area contributed by atoms with Gasteiger partial charge in [0.2, 0.25) is 0 Å². The smallest absolute Gasteiger partial charge is 0.212 e. The first-order valence-electron chi connectivity index (χ1n) is 6.44. The van der Waals surface area contributed by atoms with E-state index in [4.69, 9.17) is 0 Å². The average molecular weight is 294 g/mol. The third-order valence-electron chi connectivity index (χ3n) is 2.94. The van der Waals surface area contributed by atoms with Gasteiger partial charge in [-0.3, -0.25) is 0 Å². The fraction of sp³-hybridized carbons (Fsp3) is 0.833. The Morgan fingerprint density at radius 1 is 1.06 bits per heavy atom. The van der Waals surface area contributed by atoms with E-state index in [1.807, 2.05) is 0 Å². The second kappa shape index (κ2) is 6.19. The van der Waals surface area contributed by atoms with E-state index in [-0.39, 0.29) is 16.6 Å². The lowest BCUT2D eigenvalue weighted by atomic mass is 10.1. The Labute approximate surface area is 110 Å². The van der Waals surface area contributed by atoms with Crippen molar-refractivity contribution in [1.29, 1.82) is 0 Å². The molecule has 0 N–H and O–H groups in total. The topological polar surface area (TPSA) is 68.3 Å². The SMILES string of the molecule is CC(C)CS(=O)(=O)S(=O)(=O)C1=CCCCCCC1. The molecule has 0 aromatic rings. The first kappa shape index (κ1) is 15.7. The van der Waals surface area contributed by atoms with E-state index >= 15 is 0 Å². The summed E-state index contributed by atoms with van der Waals surface area (Å²) >= 11 is 0. The van der Waals surface area contributed by atoms with Gasteiger partial charge in [-0.1, -0.05) is 32.8 Å². The standard InChI is InChI=1S/C12H22O4S2/c1-11(2)10-17(13,14)18(15,16)12-8-6-4-3-5-7-9-12/h8,11H,3-7,9-10H2,1-2H3. The van der Waals surface area contributed by atoms with Crippen LogP contribution in [0.2, 0.25) is 0 Å². The summed E-state index contributed by atoms with van der Waals surface area (Å²) in [5.74, 6) is -0.480. The Balaban J connectivity index is 3.04. The molecule has 0 fully saturated rings. The number of hydrogen-bond donors (Lipinski definition) is 0. The van der Waals surface area contributed by atoms with Crippen LogP contribution in [0.4, 0.5) is 0 Å². The third kappa shape index (κ3) is 3.82. The summed E-state index contributed by atoms with van der Waals surface area (Å²) in [7, 11) is -8.25. The lowest BCUT2D eigenvalue weighted by molar-refractivity contribution is 0.573. The molecular weight excluding hydrogens is 272 g/mol. The molecule has 4 nitrogen and oxygen atoms in total. The van der Waals surface area contributed by atoms with Gasteiger partial charge >= 0.3 is 0 Å². The van der Waals surface area contributed by atoms with Crippen LogP contribution < -0.4 is 0 Å². The maximum absolute atomic E-state index is 12.2. The molecule has 1 rings (SSSR count). The third-order valence-corrected chi connectivity index (χ3v) is 8.76. The van der Waals surface area contributed by atoms with Crippen LogP contribution in [-0.2, 0) is 17.7 Å². The van der Waals surface area contributed by atoms with Crippen molar-refractivity contribution in [2.24, 2.45) is 5.92 Å². The van der Waals surface area contributed by atoms with Crippen LogP contribution in [0, 0.1) is 5.92 Å². The van der Waals surface area contributed by atoms with Crippen LogP contribution in [0.15, 0.2) is 11.0 Å². The van der Waals surface area contributed by atoms with Gasteiger partial charge in [-0.25, -0.2) is 16.8 Å². The van der Waals surface area contributed by atoms with Gasteiger partial charge in [-0.15, -0.1) is 0 Å². The highest BCUT2D eigenvalue weighted by Gasteiger charge is 2.33. The van der Waals surface area contributed by atoms with Crippen LogP contribution in [0.1, 0.15) is 52.4 Å². The second-order valence-electron chi connectivity index (χ2n) is 5.20. The lowest BCUT2D eigenvalue weighted by Crippen LogP contribution is -2.23. The Morgan fingerprint density at radius 2 is 1.67 bits per heavy atom. The summed E-state index contributed by atoms with van der Waals surface area (Å²) in [5.41, 5.74) is 0. The number of rotatable bonds is 4. The van der Waals surface area contributed by atoms with Gasteiger partial charge in [0.25, 0.3) is 17.7 Å². The molecule has 18 heavy (non-hydrogen) atoms. The zero-order valence-electron chi connectivity index (χ0n) is 11.1. The molecule has 0 spiro atoms. The quantitative estimate of drug-likeness (QED) is 0.747. The molecule has 0 bridgehead atoms. The molecule has 0 saturated heterocycles. The van der Waals surface area contributed by atoms with Crippen LogP contribution in [0.25, 0.3) is 0 Å². The van der Waals surface area contributed by atoms with E-state index in [9.17, 15) is 16.8 Å². The number of hydrogen-bond acceptors (Lipinski definition) is 4. The molecule has 1 aliphatic rings. The minimum absolute atomic E-state index is 0.114. The molecule has 0 aromatic carbocycles. The second-order valence-corrected chi connectivity index (χ2v) is 10.9. The Morgan fingerprint density at radius 3 is 2.28 bits per heavy atom. The molecule has 1 aliphatic carbocycles. The molecule has 0 radical (unpaired) electrons. The van der Waals surface area contributed by atoms with E-state index < -0.39 is 17.7 Å². The summed E-state index contributed by atoms with van der Waals surface area (Å²) in [6, 6.07) is 0. The van der Waals surface area contributed by atoms with Crippen molar-refractivity contribution >= 4 is 17.7 Å². The van der Waals surface area contributed by atoms with Crippen molar-refractivity contribution in [3.05, 3.63) is 11.0 Å². The zero-order chi connectivity index (χ0) is 13.8. The highest BCUT2D eigenvalue weighted by atomic mass is 33.2. The van der Waals surface area contributed by atoms with Gasteiger partial charge in [0.05, 0.1) is 10.7 Å². The number of allylic oxidation sites excluding steroid dienone is 2. The van der Waals surface area contributed by atoms with Crippen LogP contribution in [-0.4, -0.2) is 22.6 Å². The van der Waals surface area contributed by atoms with Crippen molar-refractivity contribution in [3.8, 4) is 0 Å². The summed E-state index contributed by atoms with van der Waals surface area (Å²) in [4.78, 5) is 0.114. The molecule has 0 atom stereocenters. The normalized spacial score (nSPS) is 19.2. The summed E-state index contributed by atoms with van der Waals surface area (Å²) in [6.07, 6.45) is 6.36. The molecule has 0 heterocycles. The Hall–Kier alpha value is -0.360. The predicted octanol–water partition coefficient (Wildman–Crippen LogP) is 2.63. The molecule has 0 saturated carbocycles. The largest absolute Gasteiger partial charge is 0.277 e. The van der Waals surface area contributed by atoms with Crippen molar-refractivity contribution < 1.29 is 16.8 Å². The van der Waals surface area contributed by atoms with Gasteiger partial charge in [-0.05, 0) is 31.6 Å². The molecule has 6 heteroatoms. The fourth-order valence-corrected chi connectivity index (χ4v) is 6.87. The molecule has 0 aromatic heterocycles. The van der Waals surface area contributed by atoms with Gasteiger partial charge in [-0.2, -0.15) is 0 Å². The maximum atomic E-state index is 12.2. The molecule has 0 aliphatic heterocycles. The van der Waals surface area contributed by atoms with E-state index in [0.29, 0.717) is 12.8 Å². The summed E-state index contributed by atoms with van der Waals surface area (Å²) < 4.78 is 48.2. The van der Waals surface area contributed by atoms with Crippen LogP contribution in [0.5, 0.6) is 0 Å². The van der Waals surface area contributed by atoms with Gasteiger partial charge < -0.3 is 0 Å². The minimum Gasteiger partial charge on any atom is -0.212 e. The van der Waals surface area contributed by atoms with Crippen molar-refractivity contribution in [1.82, 2.24) is 0 Å². The first-order chi connectivity index (χ1) is 8.27. The Bertz CT molecular complexity index is 498. The molecular formula is C12H22O4S2. The van der Waals surface area contributed by atoms with Crippen LogP contribution in [0.3, 0.4) is 0 Å². The minimum atomic E-state index is -4.16. The van der Waals surface area contributed by atoms with Crippen molar-refractivity contribution in [2.75, 3.05) is 5.75 Å². The highest BCUT2D eigenvalue weighted by Crippen LogP contribution is 2.26. The monoisotopic (exact) mass is 294 g/mol. The highest BCUT2D eigenvalue weighted by molar-refractivity contribution is 8.68. The summed E-state index contributed by atoms with van der Waals surface area (Å²) in [6.45, 7) is 3.42. The molecule has 106 valence electrons. The molecule has 0 unspecified atom stereocenters. The maximum Gasteiger partial charge on any atom is 0.277 e. The van der Waals surface area contributed by atoms with Crippen molar-refractivity contribution in [2.45, 2.75) is 52.4 Å². The lowest BCUT2D eigenvalue weighted by Gasteiger charge is -2.13. The van der Waals surface area contributed by atoms with Gasteiger partial charge in [0, 0.05) is 0 Å². The Kier molecular flexibility index (Phi) is 5.40. The van der Waals surface area contributed by atoms with E-state index in [1.165, 1.54) is 0 Å². The fourth-order valence-electron chi connectivity index (χ4n) is 2.05. The van der Waals surface area contributed by atoms with Crippen LogP contribution >= 0.6 is 0 Å². The first-order valence-corrected chi connectivity index (χ1v) is 10.1. The van der Waals surface area contributed by atoms with E-state index in [2.05, 4.69) is 0 Å². The summed E-state index contributed by atoms with van der Waals surface area (Å²) in [5, 5.41) is 0. The van der Waals surface area contributed by atoms with E-state index in [1.54, 1.807) is 19.9 Å². The predicted molar refractivity (Wildman–Crippen MR) is 73.3 cm³/mol. The van der Waals surface area contributed by atoms with E-state index in [0.717, 1.165) is 25.7 Å². The van der Waals surface area contributed by atoms with Gasteiger partial charge in [0.15, 0.2) is 0 Å². The molecule has 0 amide bonds. The zero-order valence-corrected chi connectivity index (χ0v) is 12.7. The van der Waals surface area contributed by atoms with Gasteiger partial charge in [0.1, 0.15) is 0 Å². The average Bonchev–Trinajstić information content (AvgIpc) is 2.13.